The van der Waals surface area contributed by atoms with E-state index in [9.17, 15) is 8.78 Å². The second kappa shape index (κ2) is 9.39. The number of halogens is 4. The number of nitrogens with one attached hydrogen (secondary N) is 1. The first-order valence-corrected chi connectivity index (χ1v) is 11.6. The molecule has 13 heteroatoms. The minimum Gasteiger partial charge on any atom is -0.404 e. The van der Waals surface area contributed by atoms with E-state index in [2.05, 4.69) is 30.5 Å². The summed E-state index contributed by atoms with van der Waals surface area (Å²) in [7, 11) is 1.59. The van der Waals surface area contributed by atoms with E-state index in [1.54, 1.807) is 32.3 Å². The molecule has 0 saturated heterocycles. The van der Waals surface area contributed by atoms with E-state index in [1.165, 1.54) is 10.8 Å². The third-order valence-electron chi connectivity index (χ3n) is 6.26. The Morgan fingerprint density at radius 3 is 2.66 bits per heavy atom. The van der Waals surface area contributed by atoms with Gasteiger partial charge in [-0.1, -0.05) is 6.07 Å². The van der Waals surface area contributed by atoms with Gasteiger partial charge in [0, 0.05) is 31.5 Å². The van der Waals surface area contributed by atoms with Crippen LogP contribution in [-0.2, 0) is 12.5 Å². The lowest BCUT2D eigenvalue weighted by Crippen LogP contribution is -2.29. The van der Waals surface area contributed by atoms with Gasteiger partial charge in [0.05, 0.1) is 17.4 Å². The number of aryl methyl sites for hydroxylation is 1. The summed E-state index contributed by atoms with van der Waals surface area (Å²) < 4.78 is 62.6. The number of hydrogen-bond donors (Lipinski definition) is 2. The lowest BCUT2D eigenvalue weighted by Gasteiger charge is -2.27. The molecule has 1 aromatic carbocycles. The fraction of sp³-hybridized carbons (Fsp3) is 0.240. The highest BCUT2D eigenvalue weighted by atomic mass is 19.3. The molecule has 0 aliphatic carbocycles. The van der Waals surface area contributed by atoms with Crippen molar-refractivity contribution in [1.82, 2.24) is 29.3 Å². The van der Waals surface area contributed by atoms with Gasteiger partial charge < -0.3 is 15.6 Å². The Morgan fingerprint density at radius 1 is 1.24 bits per heavy atom. The molecule has 4 aromatic rings. The molecule has 1 aliphatic rings. The van der Waals surface area contributed by atoms with Crippen LogP contribution in [0.1, 0.15) is 29.9 Å². The highest BCUT2D eigenvalue weighted by Crippen LogP contribution is 2.42. The summed E-state index contributed by atoms with van der Waals surface area (Å²) in [5.41, 5.74) is 6.68. The number of amidine groups is 1. The first-order chi connectivity index (χ1) is 18.1. The standard InChI is InChI=1S/C25H23F4N9/c1-13-10-32-24(33-19(31-3)7-8-30)34-21(13)15-9-18-22-35-36-23(38(22)14(2)11-37(18)12-15)25(28,29)20-16(26)5-4-6-17(20)27/h4-10,12,14H,11,30H2,1-3H3,(H,31,32,33,34)/t14-/m0/s1. The zero-order valence-electron chi connectivity index (χ0n) is 20.6. The monoisotopic (exact) mass is 525 g/mol. The Morgan fingerprint density at radius 2 is 1.97 bits per heavy atom. The molecular weight excluding hydrogens is 502 g/mol. The fourth-order valence-electron chi connectivity index (χ4n) is 4.52. The van der Waals surface area contributed by atoms with Gasteiger partial charge >= 0.3 is 5.92 Å². The number of aliphatic imine (C=N–C) groups is 1. The second-order valence-electron chi connectivity index (χ2n) is 8.82. The van der Waals surface area contributed by atoms with Crippen LogP contribution < -0.4 is 11.1 Å². The third kappa shape index (κ3) is 4.09. The molecule has 3 aromatic heterocycles. The van der Waals surface area contributed by atoms with Crippen LogP contribution in [0.5, 0.6) is 0 Å². The minimum absolute atomic E-state index is 0.153. The van der Waals surface area contributed by atoms with Gasteiger partial charge in [-0.2, -0.15) is 8.78 Å². The van der Waals surface area contributed by atoms with E-state index < -0.39 is 35.0 Å². The molecular formula is C25H23F4N9. The van der Waals surface area contributed by atoms with Gasteiger partial charge in [-0.25, -0.2) is 18.7 Å². The molecule has 0 bridgehead atoms. The summed E-state index contributed by atoms with van der Waals surface area (Å²) in [6.07, 6.45) is 6.39. The summed E-state index contributed by atoms with van der Waals surface area (Å²) in [5.74, 6) is -6.69. The molecule has 4 heterocycles. The van der Waals surface area contributed by atoms with Gasteiger partial charge in [-0.05, 0) is 49.9 Å². The Hall–Kier alpha value is -4.55. The smallest absolute Gasteiger partial charge is 0.337 e. The Bertz CT molecular complexity index is 1570. The summed E-state index contributed by atoms with van der Waals surface area (Å²) in [4.78, 5) is 12.9. The van der Waals surface area contributed by atoms with Gasteiger partial charge in [0.1, 0.15) is 23.0 Å². The minimum atomic E-state index is -4.05. The molecule has 9 nitrogen and oxygen atoms in total. The molecule has 196 valence electrons. The highest BCUT2D eigenvalue weighted by Gasteiger charge is 2.46. The number of aromatic nitrogens is 6. The molecule has 1 atom stereocenters. The van der Waals surface area contributed by atoms with Crippen molar-refractivity contribution >= 4 is 11.8 Å². The molecule has 0 unspecified atom stereocenters. The number of hydrogen-bond acceptors (Lipinski definition) is 6. The van der Waals surface area contributed by atoms with Crippen molar-refractivity contribution in [2.45, 2.75) is 32.4 Å². The maximum atomic E-state index is 15.5. The zero-order chi connectivity index (χ0) is 27.2. The van der Waals surface area contributed by atoms with E-state index in [0.717, 1.165) is 23.8 Å². The number of anilines is 1. The normalized spacial score (nSPS) is 15.6. The van der Waals surface area contributed by atoms with Gasteiger partial charge in [0.25, 0.3) is 0 Å². The predicted molar refractivity (Wildman–Crippen MR) is 134 cm³/mol. The first kappa shape index (κ1) is 25.1. The highest BCUT2D eigenvalue weighted by molar-refractivity contribution is 6.02. The van der Waals surface area contributed by atoms with Gasteiger partial charge in [-0.3, -0.25) is 9.56 Å². The molecule has 0 radical (unpaired) electrons. The quantitative estimate of drug-likeness (QED) is 0.227. The van der Waals surface area contributed by atoms with E-state index in [-0.39, 0.29) is 5.82 Å². The first-order valence-electron chi connectivity index (χ1n) is 11.6. The molecule has 0 saturated carbocycles. The van der Waals surface area contributed by atoms with E-state index in [0.29, 0.717) is 35.3 Å². The van der Waals surface area contributed by atoms with E-state index in [4.69, 9.17) is 5.73 Å². The number of rotatable bonds is 5. The Labute approximate surface area is 214 Å². The maximum absolute atomic E-state index is 15.5. The Kier molecular flexibility index (Phi) is 6.21. The summed E-state index contributed by atoms with van der Waals surface area (Å²) >= 11 is 0. The van der Waals surface area contributed by atoms with Crippen molar-refractivity contribution in [2.75, 3.05) is 12.4 Å². The predicted octanol–water partition coefficient (Wildman–Crippen LogP) is 4.42. The Balaban J connectivity index is 1.57. The second-order valence-corrected chi connectivity index (χ2v) is 8.82. The van der Waals surface area contributed by atoms with Crippen LogP contribution in [0.15, 0.2) is 53.9 Å². The summed E-state index contributed by atoms with van der Waals surface area (Å²) in [6.45, 7) is 3.85. The van der Waals surface area contributed by atoms with Crippen LogP contribution in [0.4, 0.5) is 23.5 Å². The molecule has 0 spiro atoms. The van der Waals surface area contributed by atoms with Crippen molar-refractivity contribution in [3.8, 4) is 22.8 Å². The average molecular weight is 526 g/mol. The molecule has 0 amide bonds. The van der Waals surface area contributed by atoms with Gasteiger partial charge in [-0.15, -0.1) is 10.2 Å². The molecule has 1 aliphatic heterocycles. The average Bonchev–Trinajstić information content (AvgIpc) is 3.50. The van der Waals surface area contributed by atoms with Crippen molar-refractivity contribution in [3.63, 3.8) is 0 Å². The number of alkyl halides is 2. The largest absolute Gasteiger partial charge is 0.404 e. The molecule has 38 heavy (non-hydrogen) atoms. The zero-order valence-corrected chi connectivity index (χ0v) is 20.6. The topological polar surface area (TPSA) is 112 Å². The number of benzene rings is 1. The number of nitrogens with zero attached hydrogens (tertiary/aromatic N) is 7. The van der Waals surface area contributed by atoms with Gasteiger partial charge in [0.2, 0.25) is 11.8 Å². The van der Waals surface area contributed by atoms with Crippen LogP contribution in [0.3, 0.4) is 0 Å². The summed E-state index contributed by atoms with van der Waals surface area (Å²) in [5, 5.41) is 10.7. The molecule has 5 rings (SSSR count). The molecule has 3 N–H and O–H groups in total. The van der Waals surface area contributed by atoms with E-state index in [1.807, 2.05) is 17.7 Å². The van der Waals surface area contributed by atoms with Crippen LogP contribution in [0.25, 0.3) is 22.8 Å². The van der Waals surface area contributed by atoms with Crippen molar-refractivity contribution < 1.29 is 17.6 Å². The summed E-state index contributed by atoms with van der Waals surface area (Å²) in [6, 6.07) is 3.83. The maximum Gasteiger partial charge on any atom is 0.337 e. The third-order valence-corrected chi connectivity index (χ3v) is 6.26. The van der Waals surface area contributed by atoms with Crippen molar-refractivity contribution in [1.29, 1.82) is 0 Å². The van der Waals surface area contributed by atoms with Crippen LogP contribution in [0, 0.1) is 18.6 Å². The van der Waals surface area contributed by atoms with Crippen LogP contribution >= 0.6 is 0 Å². The lowest BCUT2D eigenvalue weighted by atomic mass is 10.1. The SMILES string of the molecule is CN=C(C=CN)Nc1ncc(C)c(-c2cc3n(c2)C[C@H](C)n2c-3nnc2C(F)(F)c2c(F)cccc2F)n1. The van der Waals surface area contributed by atoms with E-state index >= 15 is 8.78 Å². The molecule has 0 fully saturated rings. The number of fused-ring (bicyclic) bond motifs is 3. The van der Waals surface area contributed by atoms with Crippen molar-refractivity contribution in [2.24, 2.45) is 10.7 Å². The number of nitrogens with two attached hydrogens (primary N) is 1. The van der Waals surface area contributed by atoms with Crippen LogP contribution in [-0.4, -0.2) is 42.2 Å². The van der Waals surface area contributed by atoms with Crippen molar-refractivity contribution in [3.05, 3.63) is 77.5 Å². The van der Waals surface area contributed by atoms with Gasteiger partial charge in [0.15, 0.2) is 5.82 Å². The lowest BCUT2D eigenvalue weighted by molar-refractivity contribution is 0.0192. The fourth-order valence-corrected chi connectivity index (χ4v) is 4.52. The van der Waals surface area contributed by atoms with Crippen LogP contribution in [0.2, 0.25) is 0 Å².